The first-order valence-corrected chi connectivity index (χ1v) is 13.0. The Hall–Kier alpha value is -2.43. The van der Waals surface area contributed by atoms with E-state index in [2.05, 4.69) is 21.2 Å². The van der Waals surface area contributed by atoms with E-state index in [1.807, 2.05) is 6.07 Å². The molecule has 0 atom stereocenters. The summed E-state index contributed by atoms with van der Waals surface area (Å²) in [6.07, 6.45) is 1.45. The summed E-state index contributed by atoms with van der Waals surface area (Å²) in [7, 11) is -2.27. The maximum Gasteiger partial charge on any atom is 0.245 e. The number of nitrogens with one attached hydrogen (secondary N) is 1. The van der Waals surface area contributed by atoms with Crippen LogP contribution < -0.4 is 15.0 Å². The van der Waals surface area contributed by atoms with E-state index >= 15 is 0 Å². The van der Waals surface area contributed by atoms with Gasteiger partial charge in [0.25, 0.3) is 0 Å². The predicted molar refractivity (Wildman–Crippen MR) is 129 cm³/mol. The smallest absolute Gasteiger partial charge is 0.245 e. The van der Waals surface area contributed by atoms with E-state index in [0.29, 0.717) is 47.4 Å². The van der Waals surface area contributed by atoms with E-state index in [0.717, 1.165) is 5.56 Å². The zero-order valence-corrected chi connectivity index (χ0v) is 20.9. The normalized spacial score (nSPS) is 17.0. The molecule has 2 aliphatic heterocycles. The molecule has 10 heteroatoms. The Balaban J connectivity index is 1.49. The van der Waals surface area contributed by atoms with Crippen LogP contribution in [0.15, 0.2) is 45.8 Å². The number of methoxy groups -OCH3 is 1. The average Bonchev–Trinajstić information content (AvgIpc) is 3.22. The molecular formula is C23H26BrN3O5S. The zero-order chi connectivity index (χ0) is 23.8. The number of anilines is 2. The summed E-state index contributed by atoms with van der Waals surface area (Å²) in [4.78, 5) is 26.5. The highest BCUT2D eigenvalue weighted by atomic mass is 79.9. The summed E-state index contributed by atoms with van der Waals surface area (Å²) < 4.78 is 34.4. The third-order valence-corrected chi connectivity index (χ3v) is 8.52. The van der Waals surface area contributed by atoms with Gasteiger partial charge in [-0.25, -0.2) is 8.42 Å². The highest BCUT2D eigenvalue weighted by Crippen LogP contribution is 2.39. The van der Waals surface area contributed by atoms with Crippen LogP contribution in [0, 0.1) is 5.92 Å². The second kappa shape index (κ2) is 9.44. The number of hydrogen-bond donors (Lipinski definition) is 1. The van der Waals surface area contributed by atoms with Crippen LogP contribution in [0.4, 0.5) is 11.4 Å². The summed E-state index contributed by atoms with van der Waals surface area (Å²) in [5.41, 5.74) is 1.96. The van der Waals surface area contributed by atoms with Gasteiger partial charge in [0.15, 0.2) is 0 Å². The van der Waals surface area contributed by atoms with Crippen molar-refractivity contribution in [2.75, 3.05) is 37.0 Å². The minimum atomic E-state index is -3.83. The SMILES string of the molecule is COc1cccc(NC(=O)C2CCN(S(=O)(=O)c3cc(Br)cc4c3N(C(C)=O)CC4)CC2)c1. The summed E-state index contributed by atoms with van der Waals surface area (Å²) in [6.45, 7) is 2.38. The number of carbonyl (C=O) groups is 2. The van der Waals surface area contributed by atoms with Gasteiger partial charge >= 0.3 is 0 Å². The highest BCUT2D eigenvalue weighted by molar-refractivity contribution is 9.10. The van der Waals surface area contributed by atoms with Crippen molar-refractivity contribution in [1.82, 2.24) is 4.31 Å². The van der Waals surface area contributed by atoms with Crippen molar-refractivity contribution < 1.29 is 22.7 Å². The average molecular weight is 536 g/mol. The minimum Gasteiger partial charge on any atom is -0.497 e. The first-order valence-electron chi connectivity index (χ1n) is 10.8. The van der Waals surface area contributed by atoms with Crippen molar-refractivity contribution in [3.63, 3.8) is 0 Å². The highest BCUT2D eigenvalue weighted by Gasteiger charge is 2.37. The molecule has 4 rings (SSSR count). The number of hydrogen-bond acceptors (Lipinski definition) is 5. The molecule has 0 aliphatic carbocycles. The van der Waals surface area contributed by atoms with Crippen molar-refractivity contribution in [3.8, 4) is 5.75 Å². The number of ether oxygens (including phenoxy) is 1. The Bertz CT molecular complexity index is 1190. The quantitative estimate of drug-likeness (QED) is 0.632. The van der Waals surface area contributed by atoms with Crippen molar-refractivity contribution in [2.24, 2.45) is 5.92 Å². The van der Waals surface area contributed by atoms with Gasteiger partial charge < -0.3 is 15.0 Å². The number of rotatable bonds is 5. The van der Waals surface area contributed by atoms with Crippen LogP contribution in [0.5, 0.6) is 5.75 Å². The lowest BCUT2D eigenvalue weighted by Gasteiger charge is -2.31. The lowest BCUT2D eigenvalue weighted by atomic mass is 9.97. The molecule has 0 aromatic heterocycles. The number of amides is 2. The second-order valence-electron chi connectivity index (χ2n) is 8.23. The van der Waals surface area contributed by atoms with Crippen molar-refractivity contribution >= 4 is 49.1 Å². The molecular weight excluding hydrogens is 510 g/mol. The molecule has 1 saturated heterocycles. The van der Waals surface area contributed by atoms with Gasteiger partial charge in [-0.1, -0.05) is 22.0 Å². The summed E-state index contributed by atoms with van der Waals surface area (Å²) >= 11 is 3.41. The van der Waals surface area contributed by atoms with E-state index in [1.54, 1.807) is 37.4 Å². The largest absolute Gasteiger partial charge is 0.497 e. The molecule has 2 aromatic rings. The topological polar surface area (TPSA) is 96.0 Å². The number of halogens is 1. The van der Waals surface area contributed by atoms with Crippen molar-refractivity contribution in [1.29, 1.82) is 0 Å². The van der Waals surface area contributed by atoms with E-state index < -0.39 is 10.0 Å². The fourth-order valence-corrected chi connectivity index (χ4v) is 6.81. The van der Waals surface area contributed by atoms with Gasteiger partial charge in [-0.05, 0) is 49.1 Å². The van der Waals surface area contributed by atoms with Gasteiger partial charge in [-0.2, -0.15) is 4.31 Å². The predicted octanol–water partition coefficient (Wildman–Crippen LogP) is 3.41. The molecule has 1 fully saturated rings. The molecule has 0 bridgehead atoms. The first-order chi connectivity index (χ1) is 15.7. The van der Waals surface area contributed by atoms with Gasteiger partial charge in [-0.15, -0.1) is 0 Å². The van der Waals surface area contributed by atoms with E-state index in [-0.39, 0.29) is 35.7 Å². The maximum atomic E-state index is 13.6. The van der Waals surface area contributed by atoms with Gasteiger partial charge in [0, 0.05) is 48.7 Å². The molecule has 2 aromatic carbocycles. The summed E-state index contributed by atoms with van der Waals surface area (Å²) in [5.74, 6) is 0.0475. The molecule has 2 aliphatic rings. The Kier molecular flexibility index (Phi) is 6.78. The fraction of sp³-hybridized carbons (Fsp3) is 0.391. The standard InChI is InChI=1S/C23H26BrN3O5S/c1-15(28)27-11-8-17-12-18(24)13-21(22(17)27)33(30,31)26-9-6-16(7-10-26)23(29)25-19-4-3-5-20(14-19)32-2/h3-5,12-14,16H,6-11H2,1-2H3,(H,25,29). The molecule has 0 spiro atoms. The molecule has 0 saturated carbocycles. The monoisotopic (exact) mass is 535 g/mol. The van der Waals surface area contributed by atoms with Crippen LogP contribution in [0.2, 0.25) is 0 Å². The van der Waals surface area contributed by atoms with E-state index in [4.69, 9.17) is 4.74 Å². The Labute approximate surface area is 202 Å². The van der Waals surface area contributed by atoms with Crippen LogP contribution in [0.25, 0.3) is 0 Å². The molecule has 8 nitrogen and oxygen atoms in total. The number of sulfonamides is 1. The Morgan fingerprint density at radius 3 is 2.52 bits per heavy atom. The number of fused-ring (bicyclic) bond motifs is 1. The van der Waals surface area contributed by atoms with E-state index in [1.165, 1.54) is 16.1 Å². The molecule has 0 radical (unpaired) electrons. The Morgan fingerprint density at radius 2 is 1.85 bits per heavy atom. The number of benzene rings is 2. The molecule has 0 unspecified atom stereocenters. The van der Waals surface area contributed by atoms with Gasteiger partial charge in [0.05, 0.1) is 12.8 Å². The number of nitrogens with zero attached hydrogens (tertiary/aromatic N) is 2. The molecule has 33 heavy (non-hydrogen) atoms. The van der Waals surface area contributed by atoms with Crippen LogP contribution in [-0.4, -0.2) is 51.3 Å². The van der Waals surface area contributed by atoms with Crippen LogP contribution in [0.1, 0.15) is 25.3 Å². The number of piperidine rings is 1. The van der Waals surface area contributed by atoms with Crippen molar-refractivity contribution in [3.05, 3.63) is 46.4 Å². The summed E-state index contributed by atoms with van der Waals surface area (Å²) in [6, 6.07) is 10.6. The van der Waals surface area contributed by atoms with Crippen LogP contribution in [0.3, 0.4) is 0 Å². The zero-order valence-electron chi connectivity index (χ0n) is 18.5. The van der Waals surface area contributed by atoms with Crippen molar-refractivity contribution in [2.45, 2.75) is 31.1 Å². The van der Waals surface area contributed by atoms with E-state index in [9.17, 15) is 18.0 Å². The minimum absolute atomic E-state index is 0.133. The third kappa shape index (κ3) is 4.78. The Morgan fingerprint density at radius 1 is 1.12 bits per heavy atom. The van der Waals surface area contributed by atoms with Gasteiger partial charge in [0.2, 0.25) is 21.8 Å². The fourth-order valence-electron chi connectivity index (χ4n) is 4.42. The van der Waals surface area contributed by atoms with Gasteiger partial charge in [0.1, 0.15) is 10.6 Å². The third-order valence-electron chi connectivity index (χ3n) is 6.15. The lowest BCUT2D eigenvalue weighted by molar-refractivity contribution is -0.121. The summed E-state index contributed by atoms with van der Waals surface area (Å²) in [5, 5.41) is 2.89. The van der Waals surface area contributed by atoms with Crippen LogP contribution >= 0.6 is 15.9 Å². The molecule has 2 heterocycles. The maximum absolute atomic E-state index is 13.6. The number of carbonyl (C=O) groups excluding carboxylic acids is 2. The van der Waals surface area contributed by atoms with Crippen LogP contribution in [-0.2, 0) is 26.0 Å². The first kappa shape index (κ1) is 23.7. The molecule has 176 valence electrons. The molecule has 1 N–H and O–H groups in total. The lowest BCUT2D eigenvalue weighted by Crippen LogP contribution is -2.42. The van der Waals surface area contributed by atoms with Gasteiger partial charge in [-0.3, -0.25) is 9.59 Å². The second-order valence-corrected chi connectivity index (χ2v) is 11.1. The molecule has 2 amide bonds.